The van der Waals surface area contributed by atoms with Gasteiger partial charge in [-0.1, -0.05) is 169 Å². The molecule has 1 unspecified atom stereocenters. The Kier molecular flexibility index (Phi) is 7.76. The molecule has 0 fully saturated rings. The molecule has 3 heterocycles. The van der Waals surface area contributed by atoms with Crippen LogP contribution in [0, 0.1) is 0 Å². The van der Waals surface area contributed by atoms with Gasteiger partial charge in [-0.05, 0) is 122 Å². The van der Waals surface area contributed by atoms with Crippen LogP contribution in [0.2, 0.25) is 0 Å². The molecule has 2 aromatic heterocycles. The largest absolute Gasteiger partial charge is 0.294 e. The molecule has 11 aromatic rings. The minimum Gasteiger partial charge on any atom is -0.294 e. The van der Waals surface area contributed by atoms with E-state index in [0.717, 1.165) is 35.1 Å². The summed E-state index contributed by atoms with van der Waals surface area (Å²) in [5, 5.41) is 6.25. The van der Waals surface area contributed by atoms with Crippen LogP contribution in [-0.4, -0.2) is 9.55 Å². The Morgan fingerprint density at radius 2 is 1.16 bits per heavy atom. The van der Waals surface area contributed by atoms with E-state index in [9.17, 15) is 0 Å². The summed E-state index contributed by atoms with van der Waals surface area (Å²) >= 11 is 1.88. The van der Waals surface area contributed by atoms with E-state index in [4.69, 9.17) is 4.98 Å². The van der Waals surface area contributed by atoms with Crippen LogP contribution in [-0.2, 0) is 6.42 Å². The molecule has 61 heavy (non-hydrogen) atoms. The van der Waals surface area contributed by atoms with Crippen molar-refractivity contribution < 1.29 is 0 Å². The number of fused-ring (bicyclic) bond motifs is 10. The van der Waals surface area contributed by atoms with Gasteiger partial charge in [0.15, 0.2) is 0 Å². The van der Waals surface area contributed by atoms with E-state index in [2.05, 4.69) is 205 Å². The van der Waals surface area contributed by atoms with Gasteiger partial charge in [-0.25, -0.2) is 4.98 Å². The highest BCUT2D eigenvalue weighted by atomic mass is 32.2. The first-order chi connectivity index (χ1) is 30.2. The average molecular weight is 795 g/mol. The number of benzene rings is 9. The van der Waals surface area contributed by atoms with Crippen molar-refractivity contribution in [2.75, 3.05) is 0 Å². The summed E-state index contributed by atoms with van der Waals surface area (Å²) < 4.78 is 2.42. The lowest BCUT2D eigenvalue weighted by molar-refractivity contribution is 0.726. The van der Waals surface area contributed by atoms with Crippen LogP contribution >= 0.6 is 11.8 Å². The third-order valence-electron chi connectivity index (χ3n) is 13.2. The summed E-state index contributed by atoms with van der Waals surface area (Å²) in [7, 11) is 0. The van der Waals surface area contributed by atoms with Gasteiger partial charge in [0, 0.05) is 37.3 Å². The molecule has 0 radical (unpaired) electrons. The second kappa shape index (κ2) is 13.7. The summed E-state index contributed by atoms with van der Waals surface area (Å²) in [5.74, 6) is 1.28. The van der Waals surface area contributed by atoms with E-state index in [0.29, 0.717) is 5.92 Å². The van der Waals surface area contributed by atoms with Crippen molar-refractivity contribution in [3.63, 3.8) is 0 Å². The number of hydrogen-bond acceptors (Lipinski definition) is 2. The summed E-state index contributed by atoms with van der Waals surface area (Å²) in [5.41, 5.74) is 17.6. The maximum absolute atomic E-state index is 5.45. The molecule has 0 saturated heterocycles. The van der Waals surface area contributed by atoms with Gasteiger partial charge >= 0.3 is 0 Å². The van der Waals surface area contributed by atoms with Gasteiger partial charge in [0.2, 0.25) is 0 Å². The normalized spacial score (nSPS) is 14.2. The second-order valence-electron chi connectivity index (χ2n) is 16.5. The molecule has 1 atom stereocenters. The zero-order valence-corrected chi connectivity index (χ0v) is 34.2. The number of para-hydroxylation sites is 1. The minimum atomic E-state index is 0.363. The fraction of sp³-hybridized carbons (Fsp3) is 0.0517. The Bertz CT molecular complexity index is 3570. The molecule has 13 rings (SSSR count). The Balaban J connectivity index is 1.07. The second-order valence-corrected chi connectivity index (χ2v) is 17.6. The molecule has 286 valence electrons. The SMILES string of the molecule is c1ccc(-c2cc(-n3c4ccc(-c5ccc6c(c5)-c5ccccc5C(c5ccccc5)CC6)cc4c4c5cccc6c5c(cc43)Sc3ccccc3-6)nc3ccccc23)cc1. The van der Waals surface area contributed by atoms with Crippen molar-refractivity contribution in [3.05, 3.63) is 217 Å². The molecule has 2 nitrogen and oxygen atoms in total. The molecular formula is C58H38N2S. The number of aromatic nitrogens is 2. The van der Waals surface area contributed by atoms with Crippen molar-refractivity contribution in [1.82, 2.24) is 9.55 Å². The third kappa shape index (κ3) is 5.40. The number of aryl methyl sites for hydroxylation is 1. The van der Waals surface area contributed by atoms with Crippen LogP contribution in [0.5, 0.6) is 0 Å². The van der Waals surface area contributed by atoms with Crippen LogP contribution < -0.4 is 0 Å². The first kappa shape index (κ1) is 34.6. The lowest BCUT2D eigenvalue weighted by atomic mass is 9.86. The molecule has 0 amide bonds. The highest BCUT2D eigenvalue weighted by Crippen LogP contribution is 2.52. The molecule has 0 bridgehead atoms. The van der Waals surface area contributed by atoms with Gasteiger partial charge in [-0.2, -0.15) is 0 Å². The smallest absolute Gasteiger partial charge is 0.138 e. The van der Waals surface area contributed by atoms with Gasteiger partial charge in [0.05, 0.1) is 16.6 Å². The van der Waals surface area contributed by atoms with Crippen LogP contribution in [0.1, 0.15) is 29.0 Å². The lowest BCUT2D eigenvalue weighted by Gasteiger charge is -2.21. The van der Waals surface area contributed by atoms with E-state index in [1.165, 1.54) is 98.1 Å². The van der Waals surface area contributed by atoms with Crippen LogP contribution in [0.3, 0.4) is 0 Å². The summed E-state index contributed by atoms with van der Waals surface area (Å²) in [6.07, 6.45) is 2.13. The zero-order chi connectivity index (χ0) is 40.0. The number of rotatable bonds is 4. The molecule has 1 aliphatic heterocycles. The molecule has 0 N–H and O–H groups in total. The van der Waals surface area contributed by atoms with Gasteiger partial charge in [0.25, 0.3) is 0 Å². The Hall–Kier alpha value is -7.20. The van der Waals surface area contributed by atoms with Crippen LogP contribution in [0.25, 0.3) is 93.8 Å². The Morgan fingerprint density at radius 1 is 0.443 bits per heavy atom. The third-order valence-corrected chi connectivity index (χ3v) is 14.4. The quantitative estimate of drug-likeness (QED) is 0.177. The molecule has 1 aliphatic carbocycles. The van der Waals surface area contributed by atoms with Gasteiger partial charge < -0.3 is 0 Å². The maximum atomic E-state index is 5.45. The van der Waals surface area contributed by atoms with Crippen molar-refractivity contribution in [1.29, 1.82) is 0 Å². The molecule has 0 spiro atoms. The standard InChI is InChI=1S/C58H38N2S/c1-3-14-36(15-4-1)41-30-28-38-26-27-39(32-48(38)43-19-8-7-18-42(41)43)40-29-31-52-50(33-40)57-47-23-13-22-46-45-21-10-12-25-54(45)61-55(58(46)47)35-53(57)60(52)56-34-49(37-16-5-2-6-17-37)44-20-9-11-24-51(44)59-56/h1-27,29,31-35,41H,28,30H2. The predicted octanol–water partition coefficient (Wildman–Crippen LogP) is 15.7. The van der Waals surface area contributed by atoms with E-state index in [1.807, 2.05) is 11.8 Å². The number of nitrogens with zero attached hydrogens (tertiary/aromatic N) is 2. The van der Waals surface area contributed by atoms with Crippen molar-refractivity contribution in [2.24, 2.45) is 0 Å². The number of hydrogen-bond donors (Lipinski definition) is 0. The van der Waals surface area contributed by atoms with Gasteiger partial charge in [-0.3, -0.25) is 4.57 Å². The average Bonchev–Trinajstić information content (AvgIpc) is 3.55. The minimum absolute atomic E-state index is 0.363. The Labute approximate surface area is 358 Å². The van der Waals surface area contributed by atoms with E-state index in [1.54, 1.807) is 0 Å². The molecule has 9 aromatic carbocycles. The van der Waals surface area contributed by atoms with Crippen LogP contribution in [0.4, 0.5) is 0 Å². The highest BCUT2D eigenvalue weighted by molar-refractivity contribution is 7.99. The summed E-state index contributed by atoms with van der Waals surface area (Å²) in [6.45, 7) is 0. The molecule has 0 saturated carbocycles. The zero-order valence-electron chi connectivity index (χ0n) is 33.3. The van der Waals surface area contributed by atoms with Gasteiger partial charge in [-0.15, -0.1) is 0 Å². The molecular weight excluding hydrogens is 757 g/mol. The van der Waals surface area contributed by atoms with Gasteiger partial charge in [0.1, 0.15) is 5.82 Å². The lowest BCUT2D eigenvalue weighted by Crippen LogP contribution is -2.01. The van der Waals surface area contributed by atoms with Crippen molar-refractivity contribution in [3.8, 4) is 50.3 Å². The van der Waals surface area contributed by atoms with E-state index in [-0.39, 0.29) is 0 Å². The highest BCUT2D eigenvalue weighted by Gasteiger charge is 2.27. The first-order valence-electron chi connectivity index (χ1n) is 21.3. The number of pyridine rings is 1. The van der Waals surface area contributed by atoms with E-state index < -0.39 is 0 Å². The Morgan fingerprint density at radius 3 is 2.07 bits per heavy atom. The maximum Gasteiger partial charge on any atom is 0.138 e. The van der Waals surface area contributed by atoms with Crippen LogP contribution in [0.15, 0.2) is 210 Å². The summed E-state index contributed by atoms with van der Waals surface area (Å²) in [6, 6.07) is 74.2. The first-order valence-corrected chi connectivity index (χ1v) is 22.1. The van der Waals surface area contributed by atoms with Crippen molar-refractivity contribution in [2.45, 2.75) is 28.6 Å². The van der Waals surface area contributed by atoms with E-state index >= 15 is 0 Å². The topological polar surface area (TPSA) is 17.8 Å². The molecule has 3 heteroatoms. The molecule has 2 aliphatic rings. The monoisotopic (exact) mass is 794 g/mol. The fourth-order valence-corrected chi connectivity index (χ4v) is 11.6. The predicted molar refractivity (Wildman–Crippen MR) is 256 cm³/mol. The fourth-order valence-electron chi connectivity index (χ4n) is 10.5. The van der Waals surface area contributed by atoms with Crippen molar-refractivity contribution >= 4 is 55.2 Å². The summed E-state index contributed by atoms with van der Waals surface area (Å²) in [4.78, 5) is 8.02.